The van der Waals surface area contributed by atoms with Gasteiger partial charge in [0, 0.05) is 25.1 Å². The van der Waals surface area contributed by atoms with Crippen LogP contribution in [-0.4, -0.2) is 42.0 Å². The number of aliphatic hydroxyl groups is 1. The highest BCUT2D eigenvalue weighted by Gasteiger charge is 2.27. The quantitative estimate of drug-likeness (QED) is 0.813. The van der Waals surface area contributed by atoms with Crippen molar-refractivity contribution in [3.8, 4) is 0 Å². The molecule has 0 unspecified atom stereocenters. The summed E-state index contributed by atoms with van der Waals surface area (Å²) in [5.74, 6) is 0.193. The lowest BCUT2D eigenvalue weighted by Crippen LogP contribution is -2.37. The van der Waals surface area contributed by atoms with Gasteiger partial charge in [0.15, 0.2) is 5.78 Å². The van der Waals surface area contributed by atoms with E-state index >= 15 is 0 Å². The number of aryl methyl sites for hydroxylation is 1. The highest BCUT2D eigenvalue weighted by atomic mass is 19.1. The molecule has 0 amide bonds. The van der Waals surface area contributed by atoms with Gasteiger partial charge in [0.25, 0.3) is 0 Å². The molecule has 1 saturated carbocycles. The van der Waals surface area contributed by atoms with Gasteiger partial charge in [-0.2, -0.15) is 0 Å². The molecule has 20 heavy (non-hydrogen) atoms. The fraction of sp³-hybridized carbons (Fsp3) is 0.562. The Kier molecular flexibility index (Phi) is 4.89. The van der Waals surface area contributed by atoms with Crippen LogP contribution in [0.25, 0.3) is 0 Å². The Morgan fingerprint density at radius 3 is 2.75 bits per heavy atom. The van der Waals surface area contributed by atoms with Crippen molar-refractivity contribution in [1.82, 2.24) is 4.90 Å². The van der Waals surface area contributed by atoms with Gasteiger partial charge in [-0.3, -0.25) is 4.79 Å². The van der Waals surface area contributed by atoms with Crippen LogP contribution >= 0.6 is 0 Å². The van der Waals surface area contributed by atoms with E-state index in [2.05, 4.69) is 4.90 Å². The predicted molar refractivity (Wildman–Crippen MR) is 76.3 cm³/mol. The molecule has 0 radical (unpaired) electrons. The van der Waals surface area contributed by atoms with Gasteiger partial charge >= 0.3 is 0 Å². The zero-order valence-electron chi connectivity index (χ0n) is 12.1. The maximum Gasteiger partial charge on any atom is 0.164 e. The van der Waals surface area contributed by atoms with Crippen molar-refractivity contribution in [1.29, 1.82) is 0 Å². The second kappa shape index (κ2) is 6.46. The Balaban J connectivity index is 1.77. The van der Waals surface area contributed by atoms with Crippen LogP contribution in [0, 0.1) is 18.7 Å². The van der Waals surface area contributed by atoms with Crippen LogP contribution < -0.4 is 0 Å². The Morgan fingerprint density at radius 1 is 1.45 bits per heavy atom. The maximum absolute atomic E-state index is 13.4. The number of Topliss-reactive ketones (excluding diaryl/α,β-unsaturated/α-hetero) is 1. The normalized spacial score (nSPS) is 21.9. The summed E-state index contributed by atoms with van der Waals surface area (Å²) in [5, 5.41) is 9.24. The molecular weight excluding hydrogens is 257 g/mol. The first kappa shape index (κ1) is 15.1. The van der Waals surface area contributed by atoms with Crippen LogP contribution in [0.4, 0.5) is 4.39 Å². The number of hydrogen-bond donors (Lipinski definition) is 1. The number of halogens is 1. The average Bonchev–Trinajstić information content (AvgIpc) is 2.37. The van der Waals surface area contributed by atoms with E-state index in [1.54, 1.807) is 19.1 Å². The molecule has 3 nitrogen and oxygen atoms in total. The minimum Gasteiger partial charge on any atom is -0.393 e. The van der Waals surface area contributed by atoms with E-state index in [-0.39, 0.29) is 17.7 Å². The fourth-order valence-corrected chi connectivity index (χ4v) is 2.58. The molecule has 110 valence electrons. The van der Waals surface area contributed by atoms with Crippen LogP contribution in [0.15, 0.2) is 18.2 Å². The third-order valence-electron chi connectivity index (χ3n) is 4.00. The molecule has 1 aliphatic rings. The van der Waals surface area contributed by atoms with Gasteiger partial charge < -0.3 is 10.0 Å². The number of carbonyl (C=O) groups excluding carboxylic acids is 1. The molecule has 2 rings (SSSR count). The summed E-state index contributed by atoms with van der Waals surface area (Å²) < 4.78 is 13.4. The van der Waals surface area contributed by atoms with Crippen LogP contribution in [0.3, 0.4) is 0 Å². The largest absolute Gasteiger partial charge is 0.393 e. The van der Waals surface area contributed by atoms with E-state index < -0.39 is 0 Å². The number of hydrogen-bond acceptors (Lipinski definition) is 3. The van der Waals surface area contributed by atoms with Gasteiger partial charge in [0.05, 0.1) is 6.10 Å². The summed E-state index contributed by atoms with van der Waals surface area (Å²) >= 11 is 0. The molecule has 0 aliphatic heterocycles. The van der Waals surface area contributed by atoms with Crippen molar-refractivity contribution in [3.05, 3.63) is 35.1 Å². The molecule has 1 aliphatic carbocycles. The molecule has 1 fully saturated rings. The van der Waals surface area contributed by atoms with Crippen molar-refractivity contribution in [2.45, 2.75) is 32.3 Å². The molecule has 0 saturated heterocycles. The summed E-state index contributed by atoms with van der Waals surface area (Å²) in [6.45, 7) is 3.26. The number of carbonyl (C=O) groups is 1. The zero-order valence-corrected chi connectivity index (χ0v) is 12.1. The molecule has 0 aromatic heterocycles. The first-order valence-corrected chi connectivity index (χ1v) is 7.11. The standard InChI is InChI=1S/C16H22FNO2/c1-11-3-4-13(9-15(11)17)16(20)5-6-18(2)10-12-7-14(19)8-12/h3-4,9,12,14,19H,5-8,10H2,1-2H3. The van der Waals surface area contributed by atoms with Gasteiger partial charge in [0.2, 0.25) is 0 Å². The van der Waals surface area contributed by atoms with Gasteiger partial charge in [-0.1, -0.05) is 12.1 Å². The van der Waals surface area contributed by atoms with E-state index in [1.165, 1.54) is 6.07 Å². The van der Waals surface area contributed by atoms with Crippen molar-refractivity contribution < 1.29 is 14.3 Å². The monoisotopic (exact) mass is 279 g/mol. The molecule has 0 heterocycles. The highest BCUT2D eigenvalue weighted by Crippen LogP contribution is 2.27. The summed E-state index contributed by atoms with van der Waals surface area (Å²) in [4.78, 5) is 14.1. The van der Waals surface area contributed by atoms with Crippen molar-refractivity contribution in [2.75, 3.05) is 20.1 Å². The van der Waals surface area contributed by atoms with E-state index in [0.717, 1.165) is 19.4 Å². The van der Waals surface area contributed by atoms with E-state index in [1.807, 2.05) is 7.05 Å². The number of benzene rings is 1. The lowest BCUT2D eigenvalue weighted by atomic mass is 9.82. The Labute approximate surface area is 119 Å². The molecule has 1 N–H and O–H groups in total. The summed E-state index contributed by atoms with van der Waals surface area (Å²) in [6.07, 6.45) is 1.99. The second-order valence-electron chi connectivity index (χ2n) is 5.89. The first-order chi connectivity index (χ1) is 9.45. The van der Waals surface area contributed by atoms with Crippen molar-refractivity contribution in [2.24, 2.45) is 5.92 Å². The lowest BCUT2D eigenvalue weighted by Gasteiger charge is -2.34. The molecule has 0 bridgehead atoms. The van der Waals surface area contributed by atoms with Crippen LogP contribution in [0.1, 0.15) is 35.2 Å². The number of aliphatic hydroxyl groups excluding tert-OH is 1. The molecule has 4 heteroatoms. The fourth-order valence-electron chi connectivity index (χ4n) is 2.58. The molecule has 1 aromatic carbocycles. The Hall–Kier alpha value is -1.26. The van der Waals surface area contributed by atoms with Crippen molar-refractivity contribution >= 4 is 5.78 Å². The predicted octanol–water partition coefficient (Wildman–Crippen LogP) is 2.41. The van der Waals surface area contributed by atoms with Gasteiger partial charge in [-0.05, 0) is 44.4 Å². The van der Waals surface area contributed by atoms with Gasteiger partial charge in [-0.25, -0.2) is 4.39 Å². The Bertz CT molecular complexity index is 483. The van der Waals surface area contributed by atoms with Crippen LogP contribution in [0.2, 0.25) is 0 Å². The third-order valence-corrected chi connectivity index (χ3v) is 4.00. The SMILES string of the molecule is Cc1ccc(C(=O)CCN(C)CC2CC(O)C2)cc1F. The van der Waals surface area contributed by atoms with Gasteiger partial charge in [-0.15, -0.1) is 0 Å². The summed E-state index contributed by atoms with van der Waals surface area (Å²) in [7, 11) is 1.98. The summed E-state index contributed by atoms with van der Waals surface area (Å²) in [6, 6.07) is 4.64. The Morgan fingerprint density at radius 2 is 2.15 bits per heavy atom. The average molecular weight is 279 g/mol. The van der Waals surface area contributed by atoms with Crippen LogP contribution in [0.5, 0.6) is 0 Å². The number of ketones is 1. The third kappa shape index (κ3) is 3.87. The minimum atomic E-state index is -0.326. The summed E-state index contributed by atoms with van der Waals surface area (Å²) in [5.41, 5.74) is 1.00. The number of rotatable bonds is 6. The lowest BCUT2D eigenvalue weighted by molar-refractivity contribution is 0.0281. The molecular formula is C16H22FNO2. The molecule has 0 spiro atoms. The second-order valence-corrected chi connectivity index (χ2v) is 5.89. The smallest absolute Gasteiger partial charge is 0.164 e. The van der Waals surface area contributed by atoms with Crippen LogP contribution in [-0.2, 0) is 0 Å². The van der Waals surface area contributed by atoms with Gasteiger partial charge in [0.1, 0.15) is 5.82 Å². The first-order valence-electron chi connectivity index (χ1n) is 7.11. The number of nitrogens with zero attached hydrogens (tertiary/aromatic N) is 1. The molecule has 0 atom stereocenters. The minimum absolute atomic E-state index is 0.0237. The van der Waals surface area contributed by atoms with Crippen molar-refractivity contribution in [3.63, 3.8) is 0 Å². The highest BCUT2D eigenvalue weighted by molar-refractivity contribution is 5.96. The maximum atomic E-state index is 13.4. The van der Waals surface area contributed by atoms with E-state index in [9.17, 15) is 14.3 Å². The van der Waals surface area contributed by atoms with E-state index in [0.29, 0.717) is 30.0 Å². The van der Waals surface area contributed by atoms with E-state index in [4.69, 9.17) is 0 Å². The zero-order chi connectivity index (χ0) is 14.7. The molecule has 1 aromatic rings. The topological polar surface area (TPSA) is 40.5 Å².